The van der Waals surface area contributed by atoms with Gasteiger partial charge in [-0.05, 0) is 66.2 Å². The Morgan fingerprint density at radius 2 is 1.68 bits per heavy atom. The summed E-state index contributed by atoms with van der Waals surface area (Å²) >= 11 is 0. The van der Waals surface area contributed by atoms with Crippen LogP contribution in [0.1, 0.15) is 68.8 Å². The van der Waals surface area contributed by atoms with Crippen LogP contribution in [0.5, 0.6) is 0 Å². The molecule has 0 aliphatic rings. The van der Waals surface area contributed by atoms with E-state index in [0.717, 1.165) is 10.9 Å². The topological polar surface area (TPSA) is 95.9 Å². The van der Waals surface area contributed by atoms with Crippen molar-refractivity contribution in [2.45, 2.75) is 66.2 Å². The highest BCUT2D eigenvalue weighted by atomic mass is 16.6. The molecule has 0 aliphatic carbocycles. The van der Waals surface area contributed by atoms with E-state index in [-0.39, 0.29) is 19.3 Å². The van der Waals surface area contributed by atoms with E-state index in [9.17, 15) is 14.4 Å². The maximum Gasteiger partial charge on any atom is 0.407 e. The molecule has 1 amide bonds. The van der Waals surface area contributed by atoms with E-state index in [1.807, 2.05) is 11.5 Å². The maximum absolute atomic E-state index is 12.5. The molecule has 1 N–H and O–H groups in total. The SMILES string of the molecule is CCOC(=O)c1ccc2cc(C(=O)OCC)n(CCC(C)NC(=O)OC(C)(C)C)c2c1. The smallest absolute Gasteiger partial charge is 0.407 e. The normalized spacial score (nSPS) is 12.3. The Bertz CT molecular complexity index is 941. The summed E-state index contributed by atoms with van der Waals surface area (Å²) in [5.41, 5.74) is 0.936. The van der Waals surface area contributed by atoms with Gasteiger partial charge in [0.05, 0.1) is 18.8 Å². The lowest BCUT2D eigenvalue weighted by Crippen LogP contribution is -2.38. The van der Waals surface area contributed by atoms with Gasteiger partial charge < -0.3 is 24.1 Å². The van der Waals surface area contributed by atoms with E-state index in [0.29, 0.717) is 24.2 Å². The van der Waals surface area contributed by atoms with Crippen molar-refractivity contribution in [3.63, 3.8) is 0 Å². The third-order valence-electron chi connectivity index (χ3n) is 4.45. The first-order valence-corrected chi connectivity index (χ1v) is 10.5. The molecule has 0 saturated heterocycles. The molecule has 0 saturated carbocycles. The van der Waals surface area contributed by atoms with Crippen LogP contribution in [-0.4, -0.2) is 47.5 Å². The van der Waals surface area contributed by atoms with E-state index in [1.54, 1.807) is 58.9 Å². The number of ether oxygens (including phenoxy) is 3. The molecule has 0 aliphatic heterocycles. The van der Waals surface area contributed by atoms with Gasteiger partial charge in [0.2, 0.25) is 0 Å². The number of amides is 1. The minimum atomic E-state index is -0.582. The fourth-order valence-corrected chi connectivity index (χ4v) is 3.11. The summed E-state index contributed by atoms with van der Waals surface area (Å²) in [5.74, 6) is -0.862. The van der Waals surface area contributed by atoms with Crippen molar-refractivity contribution >= 4 is 28.9 Å². The molecular formula is C23H32N2O6. The fraction of sp³-hybridized carbons (Fsp3) is 0.522. The summed E-state index contributed by atoms with van der Waals surface area (Å²) < 4.78 is 17.4. The number of rotatable bonds is 8. The first kappa shape index (κ1) is 24.2. The number of hydrogen-bond donors (Lipinski definition) is 1. The molecule has 31 heavy (non-hydrogen) atoms. The van der Waals surface area contributed by atoms with Crippen molar-refractivity contribution < 1.29 is 28.6 Å². The third-order valence-corrected chi connectivity index (χ3v) is 4.45. The second kappa shape index (κ2) is 10.3. The first-order valence-electron chi connectivity index (χ1n) is 10.5. The molecule has 1 atom stereocenters. The fourth-order valence-electron chi connectivity index (χ4n) is 3.11. The van der Waals surface area contributed by atoms with E-state index in [4.69, 9.17) is 14.2 Å². The van der Waals surface area contributed by atoms with E-state index >= 15 is 0 Å². The molecule has 1 unspecified atom stereocenters. The standard InChI is InChI=1S/C23H32N2O6/c1-7-29-20(26)17-10-9-16-13-19(21(27)30-8-2)25(18(16)14-17)12-11-15(3)24-22(28)31-23(4,5)6/h9-10,13-15H,7-8,11-12H2,1-6H3,(H,24,28). The zero-order valence-electron chi connectivity index (χ0n) is 19.1. The largest absolute Gasteiger partial charge is 0.462 e. The Labute approximate surface area is 182 Å². The van der Waals surface area contributed by atoms with Crippen LogP contribution in [-0.2, 0) is 20.8 Å². The zero-order chi connectivity index (χ0) is 23.2. The quantitative estimate of drug-likeness (QED) is 0.494. The molecule has 1 aromatic carbocycles. The van der Waals surface area contributed by atoms with Crippen LogP contribution >= 0.6 is 0 Å². The molecule has 1 aromatic heterocycles. The molecule has 0 bridgehead atoms. The lowest BCUT2D eigenvalue weighted by Gasteiger charge is -2.22. The van der Waals surface area contributed by atoms with Gasteiger partial charge in [-0.1, -0.05) is 6.07 Å². The minimum absolute atomic E-state index is 0.199. The Hall–Kier alpha value is -3.03. The van der Waals surface area contributed by atoms with Gasteiger partial charge >= 0.3 is 18.0 Å². The number of carbonyl (C=O) groups excluding carboxylic acids is 3. The van der Waals surface area contributed by atoms with Gasteiger partial charge in [-0.3, -0.25) is 0 Å². The number of carbonyl (C=O) groups is 3. The monoisotopic (exact) mass is 432 g/mol. The number of esters is 2. The lowest BCUT2D eigenvalue weighted by atomic mass is 10.1. The number of nitrogens with zero attached hydrogens (tertiary/aromatic N) is 1. The van der Waals surface area contributed by atoms with Crippen LogP contribution in [0.15, 0.2) is 24.3 Å². The second-order valence-electron chi connectivity index (χ2n) is 8.23. The van der Waals surface area contributed by atoms with Crippen LogP contribution in [0.3, 0.4) is 0 Å². The molecule has 0 radical (unpaired) electrons. The summed E-state index contributed by atoms with van der Waals surface area (Å²) in [5, 5.41) is 3.61. The van der Waals surface area contributed by atoms with Crippen LogP contribution in [0.2, 0.25) is 0 Å². The van der Waals surface area contributed by atoms with Gasteiger partial charge in [-0.25, -0.2) is 14.4 Å². The van der Waals surface area contributed by atoms with Gasteiger partial charge in [0.1, 0.15) is 11.3 Å². The lowest BCUT2D eigenvalue weighted by molar-refractivity contribution is 0.0491. The zero-order valence-corrected chi connectivity index (χ0v) is 19.1. The molecule has 2 aromatic rings. The summed E-state index contributed by atoms with van der Waals surface area (Å²) in [6, 6.07) is 6.71. The molecule has 8 heteroatoms. The number of nitrogens with one attached hydrogen (secondary N) is 1. The number of benzene rings is 1. The number of aromatic nitrogens is 1. The van der Waals surface area contributed by atoms with Crippen LogP contribution in [0, 0.1) is 0 Å². The van der Waals surface area contributed by atoms with E-state index in [1.165, 1.54) is 0 Å². The molecular weight excluding hydrogens is 400 g/mol. The van der Waals surface area contributed by atoms with Crippen molar-refractivity contribution in [2.75, 3.05) is 13.2 Å². The maximum atomic E-state index is 12.5. The summed E-state index contributed by atoms with van der Waals surface area (Å²) in [6.45, 7) is 11.7. The molecule has 8 nitrogen and oxygen atoms in total. The van der Waals surface area contributed by atoms with Crippen molar-refractivity contribution in [2.24, 2.45) is 0 Å². The van der Waals surface area contributed by atoms with Gasteiger partial charge in [-0.15, -0.1) is 0 Å². The Balaban J connectivity index is 2.28. The number of fused-ring (bicyclic) bond motifs is 1. The van der Waals surface area contributed by atoms with Gasteiger partial charge in [0.25, 0.3) is 0 Å². The second-order valence-corrected chi connectivity index (χ2v) is 8.23. The molecule has 0 fully saturated rings. The Kier molecular flexibility index (Phi) is 8.08. The summed E-state index contributed by atoms with van der Waals surface area (Å²) in [4.78, 5) is 36.7. The minimum Gasteiger partial charge on any atom is -0.462 e. The molecule has 0 spiro atoms. The highest BCUT2D eigenvalue weighted by molar-refractivity contribution is 5.99. The summed E-state index contributed by atoms with van der Waals surface area (Å²) in [6.07, 6.45) is 0.0478. The number of hydrogen-bond acceptors (Lipinski definition) is 6. The van der Waals surface area contributed by atoms with Crippen molar-refractivity contribution in [3.8, 4) is 0 Å². The highest BCUT2D eigenvalue weighted by Crippen LogP contribution is 2.24. The van der Waals surface area contributed by atoms with Gasteiger partial charge in [0.15, 0.2) is 0 Å². The van der Waals surface area contributed by atoms with Gasteiger partial charge in [0, 0.05) is 23.5 Å². The Morgan fingerprint density at radius 3 is 2.29 bits per heavy atom. The molecule has 2 rings (SSSR count). The van der Waals surface area contributed by atoms with Crippen molar-refractivity contribution in [3.05, 3.63) is 35.5 Å². The van der Waals surface area contributed by atoms with Crippen LogP contribution < -0.4 is 5.32 Å². The van der Waals surface area contributed by atoms with Crippen molar-refractivity contribution in [1.29, 1.82) is 0 Å². The van der Waals surface area contributed by atoms with E-state index in [2.05, 4.69) is 5.32 Å². The van der Waals surface area contributed by atoms with Crippen LogP contribution in [0.25, 0.3) is 10.9 Å². The predicted molar refractivity (Wildman–Crippen MR) is 117 cm³/mol. The van der Waals surface area contributed by atoms with E-state index < -0.39 is 23.6 Å². The molecule has 170 valence electrons. The predicted octanol–water partition coefficient (Wildman–Crippen LogP) is 4.30. The average molecular weight is 433 g/mol. The molecule has 1 heterocycles. The van der Waals surface area contributed by atoms with Gasteiger partial charge in [-0.2, -0.15) is 0 Å². The number of aryl methyl sites for hydroxylation is 1. The Morgan fingerprint density at radius 1 is 1.03 bits per heavy atom. The van der Waals surface area contributed by atoms with Crippen LogP contribution in [0.4, 0.5) is 4.79 Å². The highest BCUT2D eigenvalue weighted by Gasteiger charge is 2.21. The summed E-state index contributed by atoms with van der Waals surface area (Å²) in [7, 11) is 0. The average Bonchev–Trinajstić information content (AvgIpc) is 3.03. The first-order chi connectivity index (χ1) is 14.6. The number of alkyl carbamates (subject to hydrolysis) is 1. The van der Waals surface area contributed by atoms with Crippen molar-refractivity contribution in [1.82, 2.24) is 9.88 Å². The third kappa shape index (κ3) is 6.73.